The number of piperidine rings is 1. The molecular formula is C16H21N3O5. The molecule has 0 N–H and O–H groups in total. The van der Waals surface area contributed by atoms with Crippen LogP contribution in [0.25, 0.3) is 0 Å². The Labute approximate surface area is 139 Å². The summed E-state index contributed by atoms with van der Waals surface area (Å²) in [5.74, 6) is 1.02. The number of ether oxygens (including phenoxy) is 2. The van der Waals surface area contributed by atoms with Crippen LogP contribution in [0.5, 0.6) is 0 Å². The van der Waals surface area contributed by atoms with E-state index < -0.39 is 0 Å². The molecule has 1 aliphatic rings. The van der Waals surface area contributed by atoms with E-state index >= 15 is 0 Å². The number of aromatic nitrogens is 2. The molecule has 0 bridgehead atoms. The summed E-state index contributed by atoms with van der Waals surface area (Å²) in [6, 6.07) is 1.67. The lowest BCUT2D eigenvalue weighted by molar-refractivity contribution is -0.0153. The zero-order chi connectivity index (χ0) is 16.8. The van der Waals surface area contributed by atoms with Crippen molar-refractivity contribution in [2.75, 3.05) is 26.8 Å². The van der Waals surface area contributed by atoms with Crippen LogP contribution in [-0.4, -0.2) is 53.9 Å². The van der Waals surface area contributed by atoms with Crippen molar-refractivity contribution >= 4 is 5.91 Å². The third-order valence-corrected chi connectivity index (χ3v) is 3.92. The number of carbonyl (C=O) groups excluding carboxylic acids is 1. The minimum absolute atomic E-state index is 0.0308. The third-order valence-electron chi connectivity index (χ3n) is 3.92. The molecule has 1 amide bonds. The predicted octanol–water partition coefficient (Wildman–Crippen LogP) is 1.67. The van der Waals surface area contributed by atoms with Crippen LogP contribution in [0.3, 0.4) is 0 Å². The summed E-state index contributed by atoms with van der Waals surface area (Å²) in [6.45, 7) is 2.08. The molecule has 8 heteroatoms. The summed E-state index contributed by atoms with van der Waals surface area (Å²) in [6.07, 6.45) is 5.34. The van der Waals surface area contributed by atoms with E-state index in [0.29, 0.717) is 36.9 Å². The van der Waals surface area contributed by atoms with Crippen molar-refractivity contribution < 1.29 is 23.2 Å². The Balaban J connectivity index is 1.48. The van der Waals surface area contributed by atoms with Crippen molar-refractivity contribution in [3.8, 4) is 0 Å². The normalized spacial score (nSPS) is 18.0. The SMILES string of the molecule is COCCc1noc(COC2CCCN(C(=O)c3ccoc3)C2)n1. The van der Waals surface area contributed by atoms with Crippen LogP contribution in [0, 0.1) is 0 Å². The highest BCUT2D eigenvalue weighted by molar-refractivity contribution is 5.93. The lowest BCUT2D eigenvalue weighted by Gasteiger charge is -2.32. The molecule has 3 rings (SSSR count). The summed E-state index contributed by atoms with van der Waals surface area (Å²) in [5, 5.41) is 3.87. The van der Waals surface area contributed by atoms with Gasteiger partial charge in [-0.25, -0.2) is 0 Å². The minimum atomic E-state index is -0.0380. The van der Waals surface area contributed by atoms with Crippen molar-refractivity contribution in [3.05, 3.63) is 35.9 Å². The number of methoxy groups -OCH3 is 1. The van der Waals surface area contributed by atoms with Crippen molar-refractivity contribution in [2.45, 2.75) is 32.0 Å². The zero-order valence-corrected chi connectivity index (χ0v) is 13.6. The standard InChI is InChI=1S/C16H21N3O5/c1-21-7-5-14-17-15(24-18-14)11-23-13-3-2-6-19(9-13)16(20)12-4-8-22-10-12/h4,8,10,13H,2-3,5-7,9,11H2,1H3. The molecular weight excluding hydrogens is 314 g/mol. The van der Waals surface area contributed by atoms with Crippen LogP contribution in [-0.2, 0) is 22.5 Å². The molecule has 2 aromatic rings. The Hall–Kier alpha value is -2.19. The molecule has 130 valence electrons. The van der Waals surface area contributed by atoms with Crippen LogP contribution in [0.1, 0.15) is 34.9 Å². The average molecular weight is 335 g/mol. The predicted molar refractivity (Wildman–Crippen MR) is 82.3 cm³/mol. The minimum Gasteiger partial charge on any atom is -0.472 e. The van der Waals surface area contributed by atoms with Gasteiger partial charge in [-0.1, -0.05) is 5.16 Å². The van der Waals surface area contributed by atoms with Crippen LogP contribution >= 0.6 is 0 Å². The molecule has 0 radical (unpaired) electrons. The fourth-order valence-electron chi connectivity index (χ4n) is 2.66. The van der Waals surface area contributed by atoms with Crippen molar-refractivity contribution in [3.63, 3.8) is 0 Å². The molecule has 1 aliphatic heterocycles. The van der Waals surface area contributed by atoms with E-state index in [2.05, 4.69) is 10.1 Å². The zero-order valence-electron chi connectivity index (χ0n) is 13.6. The highest BCUT2D eigenvalue weighted by atomic mass is 16.5. The summed E-state index contributed by atoms with van der Waals surface area (Å²) in [4.78, 5) is 18.4. The number of carbonyl (C=O) groups is 1. The van der Waals surface area contributed by atoms with Crippen molar-refractivity contribution in [2.24, 2.45) is 0 Å². The highest BCUT2D eigenvalue weighted by Crippen LogP contribution is 2.17. The first-order chi connectivity index (χ1) is 11.8. The quantitative estimate of drug-likeness (QED) is 0.760. The first-order valence-electron chi connectivity index (χ1n) is 7.99. The molecule has 0 saturated carbocycles. The van der Waals surface area contributed by atoms with E-state index in [-0.39, 0.29) is 18.6 Å². The fraction of sp³-hybridized carbons (Fsp3) is 0.562. The lowest BCUT2D eigenvalue weighted by Crippen LogP contribution is -2.43. The van der Waals surface area contributed by atoms with Gasteiger partial charge >= 0.3 is 0 Å². The maximum absolute atomic E-state index is 12.3. The van der Waals surface area contributed by atoms with Gasteiger partial charge in [0.1, 0.15) is 12.9 Å². The summed E-state index contributed by atoms with van der Waals surface area (Å²) < 4.78 is 20.9. The van der Waals surface area contributed by atoms with Gasteiger partial charge in [0.2, 0.25) is 0 Å². The molecule has 1 saturated heterocycles. The Morgan fingerprint density at radius 3 is 3.21 bits per heavy atom. The van der Waals surface area contributed by atoms with E-state index in [4.69, 9.17) is 18.4 Å². The summed E-state index contributed by atoms with van der Waals surface area (Å²) in [7, 11) is 1.63. The summed E-state index contributed by atoms with van der Waals surface area (Å²) in [5.41, 5.74) is 0.565. The number of hydrogen-bond donors (Lipinski definition) is 0. The van der Waals surface area contributed by atoms with Gasteiger partial charge in [0.05, 0.1) is 24.5 Å². The third kappa shape index (κ3) is 4.21. The number of likely N-dealkylation sites (tertiary alicyclic amines) is 1. The van der Waals surface area contributed by atoms with Crippen LogP contribution in [0.15, 0.2) is 27.5 Å². The maximum atomic E-state index is 12.3. The molecule has 24 heavy (non-hydrogen) atoms. The number of hydrogen-bond acceptors (Lipinski definition) is 7. The molecule has 0 aromatic carbocycles. The molecule has 2 aromatic heterocycles. The van der Waals surface area contributed by atoms with E-state index in [1.807, 2.05) is 0 Å². The molecule has 0 spiro atoms. The first kappa shape index (κ1) is 16.7. The monoisotopic (exact) mass is 335 g/mol. The van der Waals surface area contributed by atoms with E-state index in [1.165, 1.54) is 12.5 Å². The van der Waals surface area contributed by atoms with E-state index in [1.54, 1.807) is 18.1 Å². The van der Waals surface area contributed by atoms with Gasteiger partial charge in [-0.15, -0.1) is 0 Å². The Morgan fingerprint density at radius 2 is 2.42 bits per heavy atom. The second-order valence-corrected chi connectivity index (χ2v) is 5.69. The summed E-state index contributed by atoms with van der Waals surface area (Å²) >= 11 is 0. The first-order valence-corrected chi connectivity index (χ1v) is 7.99. The van der Waals surface area contributed by atoms with Crippen LogP contribution in [0.4, 0.5) is 0 Å². The Kier molecular flexibility index (Phi) is 5.60. The van der Waals surface area contributed by atoms with Crippen molar-refractivity contribution in [1.29, 1.82) is 0 Å². The molecule has 1 atom stereocenters. The smallest absolute Gasteiger partial charge is 0.257 e. The van der Waals surface area contributed by atoms with Crippen molar-refractivity contribution in [1.82, 2.24) is 15.0 Å². The molecule has 1 fully saturated rings. The van der Waals surface area contributed by atoms with Gasteiger partial charge < -0.3 is 23.3 Å². The molecule has 0 aliphatic carbocycles. The fourth-order valence-corrected chi connectivity index (χ4v) is 2.66. The average Bonchev–Trinajstić information content (AvgIpc) is 3.29. The number of furan rings is 1. The van der Waals surface area contributed by atoms with E-state index in [9.17, 15) is 4.79 Å². The Morgan fingerprint density at radius 1 is 1.50 bits per heavy atom. The molecule has 8 nitrogen and oxygen atoms in total. The van der Waals surface area contributed by atoms with Gasteiger partial charge in [-0.2, -0.15) is 4.98 Å². The van der Waals surface area contributed by atoms with Crippen LogP contribution < -0.4 is 0 Å². The Bertz CT molecular complexity index is 640. The molecule has 3 heterocycles. The van der Waals surface area contributed by atoms with Gasteiger partial charge in [0.15, 0.2) is 5.82 Å². The topological polar surface area (TPSA) is 90.8 Å². The highest BCUT2D eigenvalue weighted by Gasteiger charge is 2.26. The van der Waals surface area contributed by atoms with Crippen LogP contribution in [0.2, 0.25) is 0 Å². The second-order valence-electron chi connectivity index (χ2n) is 5.69. The van der Waals surface area contributed by atoms with Gasteiger partial charge in [0, 0.05) is 26.6 Å². The lowest BCUT2D eigenvalue weighted by atomic mass is 10.1. The number of nitrogens with zero attached hydrogens (tertiary/aromatic N) is 3. The largest absolute Gasteiger partial charge is 0.472 e. The second kappa shape index (κ2) is 8.07. The van der Waals surface area contributed by atoms with Gasteiger partial charge in [0.25, 0.3) is 11.8 Å². The number of rotatable bonds is 7. The van der Waals surface area contributed by atoms with Gasteiger partial charge in [-0.3, -0.25) is 4.79 Å². The van der Waals surface area contributed by atoms with E-state index in [0.717, 1.165) is 19.4 Å². The van der Waals surface area contributed by atoms with Gasteiger partial charge in [-0.05, 0) is 18.9 Å². The molecule has 1 unspecified atom stereocenters. The maximum Gasteiger partial charge on any atom is 0.257 e. The number of amides is 1.